The van der Waals surface area contributed by atoms with Gasteiger partial charge in [0.25, 0.3) is 0 Å². The van der Waals surface area contributed by atoms with E-state index in [-0.39, 0.29) is 0 Å². The molecule has 0 fully saturated rings. The van der Waals surface area contributed by atoms with Crippen LogP contribution >= 0.6 is 15.9 Å². The van der Waals surface area contributed by atoms with E-state index in [9.17, 15) is 0 Å². The number of nitrogens with zero attached hydrogens (tertiary/aromatic N) is 2. The highest BCUT2D eigenvalue weighted by Gasteiger charge is 1.97. The molecule has 0 atom stereocenters. The van der Waals surface area contributed by atoms with Crippen molar-refractivity contribution in [1.29, 1.82) is 0 Å². The summed E-state index contributed by atoms with van der Waals surface area (Å²) in [6.45, 7) is 3.82. The third-order valence-electron chi connectivity index (χ3n) is 1.07. The molecule has 0 amide bonds. The Labute approximate surface area is 62.5 Å². The van der Waals surface area contributed by atoms with Crippen LogP contribution in [0.1, 0.15) is 11.4 Å². The summed E-state index contributed by atoms with van der Waals surface area (Å²) >= 11 is 3.33. The Balaban J connectivity index is 3.25. The maximum absolute atomic E-state index is 3.86. The SMILES string of the molecule is Cc1n[c]nc(C)c1Br. The molecule has 1 radical (unpaired) electrons. The van der Waals surface area contributed by atoms with Gasteiger partial charge in [-0.3, -0.25) is 0 Å². The van der Waals surface area contributed by atoms with Gasteiger partial charge < -0.3 is 0 Å². The number of aromatic nitrogens is 2. The third kappa shape index (κ3) is 1.27. The molecule has 3 heteroatoms. The van der Waals surface area contributed by atoms with Crippen molar-refractivity contribution in [3.8, 4) is 0 Å². The number of rotatable bonds is 0. The van der Waals surface area contributed by atoms with Crippen molar-refractivity contribution in [2.24, 2.45) is 0 Å². The highest BCUT2D eigenvalue weighted by Crippen LogP contribution is 2.14. The van der Waals surface area contributed by atoms with E-state index in [1.165, 1.54) is 0 Å². The molecular formula is C6H6BrN2. The van der Waals surface area contributed by atoms with E-state index >= 15 is 0 Å². The van der Waals surface area contributed by atoms with Gasteiger partial charge in [-0.05, 0) is 29.8 Å². The first-order valence-corrected chi connectivity index (χ1v) is 3.38. The smallest absolute Gasteiger partial charge is 0.198 e. The van der Waals surface area contributed by atoms with Gasteiger partial charge in [-0.25, -0.2) is 9.97 Å². The lowest BCUT2D eigenvalue weighted by atomic mass is 10.4. The molecular weight excluding hydrogens is 180 g/mol. The molecule has 1 heterocycles. The van der Waals surface area contributed by atoms with Gasteiger partial charge in [0.1, 0.15) is 0 Å². The van der Waals surface area contributed by atoms with Gasteiger partial charge in [0.2, 0.25) is 0 Å². The van der Waals surface area contributed by atoms with Crippen LogP contribution in [0.5, 0.6) is 0 Å². The number of aryl methyl sites for hydroxylation is 2. The summed E-state index contributed by atoms with van der Waals surface area (Å²) in [5.74, 6) is 0. The number of hydrogen-bond donors (Lipinski definition) is 0. The zero-order valence-corrected chi connectivity index (χ0v) is 6.86. The minimum Gasteiger partial charge on any atom is -0.229 e. The average Bonchev–Trinajstić information content (AvgIpc) is 1.83. The summed E-state index contributed by atoms with van der Waals surface area (Å²) < 4.78 is 0.973. The molecule has 1 aromatic heterocycles. The van der Waals surface area contributed by atoms with E-state index in [4.69, 9.17) is 0 Å². The topological polar surface area (TPSA) is 25.8 Å². The van der Waals surface area contributed by atoms with Gasteiger partial charge in [0.05, 0.1) is 15.9 Å². The van der Waals surface area contributed by atoms with Crippen molar-refractivity contribution < 1.29 is 0 Å². The quantitative estimate of drug-likeness (QED) is 0.615. The van der Waals surface area contributed by atoms with Crippen molar-refractivity contribution in [1.82, 2.24) is 9.97 Å². The fourth-order valence-electron chi connectivity index (χ4n) is 0.535. The van der Waals surface area contributed by atoms with Gasteiger partial charge in [0, 0.05) is 0 Å². The van der Waals surface area contributed by atoms with Crippen LogP contribution in [0.15, 0.2) is 4.47 Å². The van der Waals surface area contributed by atoms with Crippen LogP contribution in [-0.4, -0.2) is 9.97 Å². The lowest BCUT2D eigenvalue weighted by molar-refractivity contribution is 1.02. The molecule has 0 bridgehead atoms. The maximum atomic E-state index is 3.86. The lowest BCUT2D eigenvalue weighted by Crippen LogP contribution is -1.89. The number of hydrogen-bond acceptors (Lipinski definition) is 2. The zero-order chi connectivity index (χ0) is 6.85. The molecule has 0 aromatic carbocycles. The minimum absolute atomic E-state index is 0.933. The van der Waals surface area contributed by atoms with Crippen LogP contribution in [0.25, 0.3) is 0 Å². The molecule has 2 nitrogen and oxygen atoms in total. The lowest BCUT2D eigenvalue weighted by Gasteiger charge is -1.95. The first-order chi connectivity index (χ1) is 4.22. The highest BCUT2D eigenvalue weighted by molar-refractivity contribution is 9.10. The van der Waals surface area contributed by atoms with Crippen LogP contribution in [0.4, 0.5) is 0 Å². The predicted molar refractivity (Wildman–Crippen MR) is 38.0 cm³/mol. The Morgan fingerprint density at radius 2 is 1.67 bits per heavy atom. The van der Waals surface area contributed by atoms with E-state index in [0.29, 0.717) is 0 Å². The molecule has 0 aliphatic carbocycles. The van der Waals surface area contributed by atoms with E-state index in [2.05, 4.69) is 32.2 Å². The van der Waals surface area contributed by atoms with Crippen molar-refractivity contribution in [3.63, 3.8) is 0 Å². The normalized spacial score (nSPS) is 9.67. The Hall–Kier alpha value is -0.440. The van der Waals surface area contributed by atoms with Crippen LogP contribution in [0, 0.1) is 20.2 Å². The first kappa shape index (κ1) is 6.68. The summed E-state index contributed by atoms with van der Waals surface area (Å²) in [6, 6.07) is 0. The van der Waals surface area contributed by atoms with Gasteiger partial charge in [-0.15, -0.1) is 0 Å². The minimum atomic E-state index is 0.933. The van der Waals surface area contributed by atoms with Crippen LogP contribution in [0.2, 0.25) is 0 Å². The molecule has 0 aliphatic rings. The molecule has 0 saturated heterocycles. The van der Waals surface area contributed by atoms with Crippen LogP contribution < -0.4 is 0 Å². The highest BCUT2D eigenvalue weighted by atomic mass is 79.9. The predicted octanol–water partition coefficient (Wildman–Crippen LogP) is 1.66. The van der Waals surface area contributed by atoms with Crippen molar-refractivity contribution in [3.05, 3.63) is 22.2 Å². The summed E-state index contributed by atoms with van der Waals surface area (Å²) in [5, 5.41) is 0. The molecule has 0 spiro atoms. The largest absolute Gasteiger partial charge is 0.229 e. The molecule has 9 heavy (non-hydrogen) atoms. The molecule has 0 N–H and O–H groups in total. The molecule has 1 aromatic rings. The molecule has 0 unspecified atom stereocenters. The van der Waals surface area contributed by atoms with Gasteiger partial charge >= 0.3 is 0 Å². The van der Waals surface area contributed by atoms with E-state index in [1.807, 2.05) is 13.8 Å². The standard InChI is InChI=1S/C6H6BrN2/c1-4-6(7)5(2)9-3-8-4/h1-2H3. The second-order valence-electron chi connectivity index (χ2n) is 1.81. The fraction of sp³-hybridized carbons (Fsp3) is 0.333. The molecule has 0 aliphatic heterocycles. The van der Waals surface area contributed by atoms with E-state index in [0.717, 1.165) is 15.9 Å². The molecule has 47 valence electrons. The Kier molecular flexibility index (Phi) is 1.81. The van der Waals surface area contributed by atoms with Crippen molar-refractivity contribution >= 4 is 15.9 Å². The van der Waals surface area contributed by atoms with Gasteiger partial charge in [-0.1, -0.05) is 0 Å². The number of halogens is 1. The Bertz CT molecular complexity index is 202. The summed E-state index contributed by atoms with van der Waals surface area (Å²) in [6.07, 6.45) is 2.54. The summed E-state index contributed by atoms with van der Waals surface area (Å²) in [4.78, 5) is 7.71. The summed E-state index contributed by atoms with van der Waals surface area (Å²) in [7, 11) is 0. The van der Waals surface area contributed by atoms with Crippen molar-refractivity contribution in [2.75, 3.05) is 0 Å². The second-order valence-corrected chi connectivity index (χ2v) is 2.60. The van der Waals surface area contributed by atoms with Crippen LogP contribution in [-0.2, 0) is 0 Å². The monoisotopic (exact) mass is 185 g/mol. The summed E-state index contributed by atoms with van der Waals surface area (Å²) in [5.41, 5.74) is 1.87. The second kappa shape index (κ2) is 2.43. The first-order valence-electron chi connectivity index (χ1n) is 2.58. The Morgan fingerprint density at radius 3 is 2.00 bits per heavy atom. The average molecular weight is 186 g/mol. The fourth-order valence-corrected chi connectivity index (χ4v) is 0.712. The van der Waals surface area contributed by atoms with Gasteiger partial charge in [0.15, 0.2) is 6.33 Å². The van der Waals surface area contributed by atoms with E-state index < -0.39 is 0 Å². The van der Waals surface area contributed by atoms with E-state index in [1.54, 1.807) is 0 Å². The van der Waals surface area contributed by atoms with Gasteiger partial charge in [-0.2, -0.15) is 0 Å². The maximum Gasteiger partial charge on any atom is 0.198 e. The van der Waals surface area contributed by atoms with Crippen LogP contribution in [0.3, 0.4) is 0 Å². The molecule has 1 rings (SSSR count). The Morgan fingerprint density at radius 1 is 1.22 bits per heavy atom. The molecule has 0 saturated carbocycles. The zero-order valence-electron chi connectivity index (χ0n) is 5.27. The third-order valence-corrected chi connectivity index (χ3v) is 2.22. The van der Waals surface area contributed by atoms with Crippen molar-refractivity contribution in [2.45, 2.75) is 13.8 Å².